The second-order valence-electron chi connectivity index (χ2n) is 3.00. The first-order valence-electron chi connectivity index (χ1n) is 3.62. The van der Waals surface area contributed by atoms with Crippen LogP contribution >= 0.6 is 0 Å². The minimum atomic E-state index is -0.843. The van der Waals surface area contributed by atoms with Crippen LogP contribution in [-0.2, 0) is 9.63 Å². The summed E-state index contributed by atoms with van der Waals surface area (Å²) < 4.78 is 0. The van der Waals surface area contributed by atoms with E-state index in [9.17, 15) is 4.79 Å². The first-order chi connectivity index (χ1) is 5.07. The first kappa shape index (κ1) is 10.4. The number of hydrogen-bond acceptors (Lipinski definition) is 3. The molecule has 0 fully saturated rings. The van der Waals surface area contributed by atoms with Crippen LogP contribution in [0.2, 0.25) is 0 Å². The lowest BCUT2D eigenvalue weighted by atomic mass is 9.98. The van der Waals surface area contributed by atoms with Crippen LogP contribution in [0.15, 0.2) is 0 Å². The van der Waals surface area contributed by atoms with Crippen molar-refractivity contribution in [1.29, 1.82) is 0 Å². The highest BCUT2D eigenvalue weighted by Crippen LogP contribution is 2.11. The molecule has 11 heavy (non-hydrogen) atoms. The second-order valence-corrected chi connectivity index (χ2v) is 3.00. The maximum Gasteiger partial charge on any atom is 0.308 e. The van der Waals surface area contributed by atoms with Crippen LogP contribution < -0.4 is 5.90 Å². The summed E-state index contributed by atoms with van der Waals surface area (Å²) in [6, 6.07) is 0. The Morgan fingerprint density at radius 2 is 2.18 bits per heavy atom. The molecule has 4 heteroatoms. The van der Waals surface area contributed by atoms with E-state index in [-0.39, 0.29) is 6.61 Å². The lowest BCUT2D eigenvalue weighted by molar-refractivity contribution is -0.144. The molecule has 0 aliphatic heterocycles. The molecular weight excluding hydrogens is 146 g/mol. The Kier molecular flexibility index (Phi) is 4.81. The molecule has 0 spiro atoms. The number of carbonyl (C=O) groups is 1. The van der Waals surface area contributed by atoms with Crippen molar-refractivity contribution >= 4 is 5.97 Å². The molecule has 0 saturated heterocycles. The fourth-order valence-electron chi connectivity index (χ4n) is 0.925. The van der Waals surface area contributed by atoms with E-state index in [1.54, 1.807) is 0 Å². The van der Waals surface area contributed by atoms with Crippen LogP contribution in [0.25, 0.3) is 0 Å². The molecule has 66 valence electrons. The summed E-state index contributed by atoms with van der Waals surface area (Å²) in [5.74, 6) is 3.82. The van der Waals surface area contributed by atoms with E-state index in [1.807, 2.05) is 13.8 Å². The Morgan fingerprint density at radius 1 is 1.64 bits per heavy atom. The molecule has 0 aliphatic rings. The van der Waals surface area contributed by atoms with E-state index in [2.05, 4.69) is 4.84 Å². The molecule has 0 aromatic heterocycles. The average Bonchev–Trinajstić information content (AvgIpc) is 1.86. The third-order valence-electron chi connectivity index (χ3n) is 1.40. The number of hydrogen-bond donors (Lipinski definition) is 2. The van der Waals surface area contributed by atoms with Gasteiger partial charge in [0.25, 0.3) is 0 Å². The first-order valence-corrected chi connectivity index (χ1v) is 3.62. The Balaban J connectivity index is 3.79. The number of rotatable bonds is 5. The normalized spacial score (nSPS) is 13.5. The predicted molar refractivity (Wildman–Crippen MR) is 40.7 cm³/mol. The minimum Gasteiger partial charge on any atom is -0.481 e. The average molecular weight is 161 g/mol. The molecule has 1 atom stereocenters. The molecule has 0 amide bonds. The minimum absolute atomic E-state index is 0.0908. The lowest BCUT2D eigenvalue weighted by Crippen LogP contribution is -2.23. The maximum absolute atomic E-state index is 10.5. The zero-order valence-corrected chi connectivity index (χ0v) is 6.91. The zero-order chi connectivity index (χ0) is 8.85. The predicted octanol–water partition coefficient (Wildman–Crippen LogP) is 0.624. The quantitative estimate of drug-likeness (QED) is 0.580. The Hall–Kier alpha value is -0.610. The van der Waals surface area contributed by atoms with Crippen molar-refractivity contribution in [3.63, 3.8) is 0 Å². The van der Waals surface area contributed by atoms with Gasteiger partial charge in [-0.15, -0.1) is 0 Å². The summed E-state index contributed by atoms with van der Waals surface area (Å²) in [7, 11) is 0. The molecule has 0 aliphatic carbocycles. The molecule has 0 aromatic rings. The largest absolute Gasteiger partial charge is 0.481 e. The summed E-state index contributed by atoms with van der Waals surface area (Å²) in [5, 5.41) is 8.62. The summed E-state index contributed by atoms with van der Waals surface area (Å²) >= 11 is 0. The molecule has 4 nitrogen and oxygen atoms in total. The fraction of sp³-hybridized carbons (Fsp3) is 0.857. The summed E-state index contributed by atoms with van der Waals surface area (Å²) in [5.41, 5.74) is 0. The van der Waals surface area contributed by atoms with Gasteiger partial charge in [-0.1, -0.05) is 13.8 Å². The third-order valence-corrected chi connectivity index (χ3v) is 1.40. The monoisotopic (exact) mass is 161 g/mol. The van der Waals surface area contributed by atoms with Crippen LogP contribution in [0.1, 0.15) is 20.3 Å². The van der Waals surface area contributed by atoms with Crippen molar-refractivity contribution in [2.45, 2.75) is 20.3 Å². The van der Waals surface area contributed by atoms with Gasteiger partial charge >= 0.3 is 5.97 Å². The van der Waals surface area contributed by atoms with Gasteiger partial charge in [0, 0.05) is 0 Å². The van der Waals surface area contributed by atoms with Crippen molar-refractivity contribution in [3.8, 4) is 0 Å². The van der Waals surface area contributed by atoms with Gasteiger partial charge in [-0.3, -0.25) is 4.79 Å². The van der Waals surface area contributed by atoms with Gasteiger partial charge in [-0.2, -0.15) is 0 Å². The van der Waals surface area contributed by atoms with Gasteiger partial charge in [0.05, 0.1) is 12.5 Å². The van der Waals surface area contributed by atoms with E-state index in [4.69, 9.17) is 11.0 Å². The van der Waals surface area contributed by atoms with Gasteiger partial charge in [-0.25, -0.2) is 5.90 Å². The van der Waals surface area contributed by atoms with Crippen LogP contribution in [0.4, 0.5) is 0 Å². The van der Waals surface area contributed by atoms with Crippen molar-refractivity contribution < 1.29 is 14.7 Å². The second kappa shape index (κ2) is 5.09. The van der Waals surface area contributed by atoms with Crippen LogP contribution in [0, 0.1) is 11.8 Å². The molecule has 0 heterocycles. The molecule has 1 unspecified atom stereocenters. The number of aliphatic carboxylic acids is 1. The third kappa shape index (κ3) is 4.75. The van der Waals surface area contributed by atoms with E-state index < -0.39 is 11.9 Å². The summed E-state index contributed by atoms with van der Waals surface area (Å²) in [6.07, 6.45) is 0.604. The molecule has 0 rings (SSSR count). The molecule has 3 N–H and O–H groups in total. The van der Waals surface area contributed by atoms with Crippen LogP contribution in [0.3, 0.4) is 0 Å². The van der Waals surface area contributed by atoms with E-state index in [1.165, 1.54) is 0 Å². The Labute approximate surface area is 66.3 Å². The van der Waals surface area contributed by atoms with Crippen molar-refractivity contribution in [1.82, 2.24) is 0 Å². The number of carboxylic acid groups (broad SMARTS) is 1. The van der Waals surface area contributed by atoms with Gasteiger partial charge in [0.2, 0.25) is 0 Å². The molecule has 0 aromatic carbocycles. The van der Waals surface area contributed by atoms with E-state index >= 15 is 0 Å². The summed E-state index contributed by atoms with van der Waals surface area (Å²) in [6.45, 7) is 4.02. The number of carboxylic acids is 1. The summed E-state index contributed by atoms with van der Waals surface area (Å²) in [4.78, 5) is 14.8. The van der Waals surface area contributed by atoms with Crippen molar-refractivity contribution in [3.05, 3.63) is 0 Å². The van der Waals surface area contributed by atoms with Gasteiger partial charge in [0.15, 0.2) is 0 Å². The molecule has 0 radical (unpaired) electrons. The molecule has 0 bridgehead atoms. The highest BCUT2D eigenvalue weighted by Gasteiger charge is 2.18. The maximum atomic E-state index is 10.5. The van der Waals surface area contributed by atoms with Crippen molar-refractivity contribution in [2.24, 2.45) is 17.7 Å². The van der Waals surface area contributed by atoms with E-state index in [0.29, 0.717) is 12.3 Å². The Bertz CT molecular complexity index is 125. The Morgan fingerprint density at radius 3 is 2.45 bits per heavy atom. The lowest BCUT2D eigenvalue weighted by Gasteiger charge is -2.12. The SMILES string of the molecule is CC(C)CC(CON)C(=O)O. The van der Waals surface area contributed by atoms with Crippen LogP contribution in [-0.4, -0.2) is 17.7 Å². The highest BCUT2D eigenvalue weighted by molar-refractivity contribution is 5.70. The smallest absolute Gasteiger partial charge is 0.308 e. The molecule has 0 saturated carbocycles. The van der Waals surface area contributed by atoms with Gasteiger partial charge in [0.1, 0.15) is 0 Å². The zero-order valence-electron chi connectivity index (χ0n) is 6.91. The van der Waals surface area contributed by atoms with Crippen molar-refractivity contribution in [2.75, 3.05) is 6.61 Å². The van der Waals surface area contributed by atoms with Gasteiger partial charge in [-0.05, 0) is 12.3 Å². The number of nitrogens with two attached hydrogens (primary N) is 1. The fourth-order valence-corrected chi connectivity index (χ4v) is 0.925. The highest BCUT2D eigenvalue weighted by atomic mass is 16.6. The van der Waals surface area contributed by atoms with E-state index in [0.717, 1.165) is 0 Å². The van der Waals surface area contributed by atoms with Crippen LogP contribution in [0.5, 0.6) is 0 Å². The standard InChI is InChI=1S/C7H15NO3/c1-5(2)3-6(4-11-8)7(9)10/h5-6H,3-4,8H2,1-2H3,(H,9,10). The topological polar surface area (TPSA) is 72.5 Å². The molecular formula is C7H15NO3. The van der Waals surface area contributed by atoms with Gasteiger partial charge < -0.3 is 9.94 Å².